The summed E-state index contributed by atoms with van der Waals surface area (Å²) in [6.07, 6.45) is -0.331. The summed E-state index contributed by atoms with van der Waals surface area (Å²) in [6, 6.07) is 1.19. The van der Waals surface area contributed by atoms with E-state index in [2.05, 4.69) is 22.9 Å². The minimum absolute atomic E-state index is 0.146. The fraction of sp³-hybridized carbons (Fsp3) is 0.474. The molecule has 0 aliphatic carbocycles. The minimum atomic E-state index is -3.69. The van der Waals surface area contributed by atoms with Crippen molar-refractivity contribution in [2.75, 3.05) is 16.7 Å². The molecule has 2 rings (SSSR count). The SMILES string of the molecule is CC(c1cc(F)cc(F)c1)C(NC(=O)c1coc(NS(C)(=O)=O)n1)C(O)C(O)CCCS. The van der Waals surface area contributed by atoms with Crippen LogP contribution in [-0.2, 0) is 10.0 Å². The molecular weight excluding hydrogens is 468 g/mol. The molecule has 0 spiro atoms. The number of rotatable bonds is 11. The maximum Gasteiger partial charge on any atom is 0.309 e. The van der Waals surface area contributed by atoms with E-state index >= 15 is 0 Å². The van der Waals surface area contributed by atoms with Crippen LogP contribution in [-0.4, -0.2) is 59.8 Å². The van der Waals surface area contributed by atoms with Gasteiger partial charge in [-0.25, -0.2) is 21.9 Å². The molecule has 1 heterocycles. The molecule has 1 aromatic carbocycles. The van der Waals surface area contributed by atoms with Gasteiger partial charge in [0.25, 0.3) is 5.91 Å². The van der Waals surface area contributed by atoms with Gasteiger partial charge in [0.1, 0.15) is 24.0 Å². The molecule has 1 amide bonds. The molecule has 9 nitrogen and oxygen atoms in total. The number of aliphatic hydroxyl groups excluding tert-OH is 2. The Bertz CT molecular complexity index is 1010. The Labute approximate surface area is 189 Å². The maximum atomic E-state index is 13.7. The Hall–Kier alpha value is -2.22. The zero-order valence-electron chi connectivity index (χ0n) is 17.3. The van der Waals surface area contributed by atoms with Crippen molar-refractivity contribution in [3.8, 4) is 0 Å². The number of oxazole rings is 1. The monoisotopic (exact) mass is 493 g/mol. The lowest BCUT2D eigenvalue weighted by Crippen LogP contribution is -2.51. The molecule has 2 aromatic rings. The predicted molar refractivity (Wildman–Crippen MR) is 116 cm³/mol. The van der Waals surface area contributed by atoms with Gasteiger partial charge in [0, 0.05) is 12.0 Å². The van der Waals surface area contributed by atoms with E-state index < -0.39 is 57.7 Å². The summed E-state index contributed by atoms with van der Waals surface area (Å²) >= 11 is 4.06. The normalized spacial score (nSPS) is 15.6. The lowest BCUT2D eigenvalue weighted by Gasteiger charge is -2.32. The fourth-order valence-corrected chi connectivity index (χ4v) is 3.66. The van der Waals surface area contributed by atoms with Crippen LogP contribution in [0.2, 0.25) is 0 Å². The number of nitrogens with one attached hydrogen (secondary N) is 2. The molecule has 0 bridgehead atoms. The lowest BCUT2D eigenvalue weighted by atomic mass is 9.86. The molecule has 0 aliphatic rings. The number of aromatic nitrogens is 1. The minimum Gasteiger partial charge on any atom is -0.431 e. The van der Waals surface area contributed by atoms with E-state index in [1.54, 1.807) is 0 Å². The van der Waals surface area contributed by atoms with Crippen LogP contribution < -0.4 is 10.0 Å². The summed E-state index contributed by atoms with van der Waals surface area (Å²) in [5.41, 5.74) is -0.163. The van der Waals surface area contributed by atoms with Crippen molar-refractivity contribution in [1.29, 1.82) is 0 Å². The number of hydrogen-bond acceptors (Lipinski definition) is 8. The number of halogens is 2. The Morgan fingerprint density at radius 1 is 1.25 bits per heavy atom. The highest BCUT2D eigenvalue weighted by Crippen LogP contribution is 2.26. The van der Waals surface area contributed by atoms with E-state index in [0.717, 1.165) is 24.7 Å². The Morgan fingerprint density at radius 2 is 1.88 bits per heavy atom. The third-order valence-electron chi connectivity index (χ3n) is 4.68. The second-order valence-corrected chi connectivity index (χ2v) is 9.52. The largest absolute Gasteiger partial charge is 0.431 e. The molecule has 0 saturated heterocycles. The van der Waals surface area contributed by atoms with E-state index in [4.69, 9.17) is 4.42 Å². The topological polar surface area (TPSA) is 142 Å². The predicted octanol–water partition coefficient (Wildman–Crippen LogP) is 1.66. The second kappa shape index (κ2) is 11.1. The highest BCUT2D eigenvalue weighted by Gasteiger charge is 2.34. The molecule has 0 radical (unpaired) electrons. The Morgan fingerprint density at radius 3 is 2.44 bits per heavy atom. The van der Waals surface area contributed by atoms with Crippen LogP contribution in [0.4, 0.5) is 14.8 Å². The lowest BCUT2D eigenvalue weighted by molar-refractivity contribution is -0.0120. The molecule has 0 aliphatic heterocycles. The van der Waals surface area contributed by atoms with Gasteiger partial charge in [-0.15, -0.1) is 0 Å². The second-order valence-electron chi connectivity index (χ2n) is 7.33. The quantitative estimate of drug-likeness (QED) is 0.300. The summed E-state index contributed by atoms with van der Waals surface area (Å²) in [7, 11) is -3.69. The van der Waals surface area contributed by atoms with Gasteiger partial charge in [0.2, 0.25) is 10.0 Å². The van der Waals surface area contributed by atoms with Gasteiger partial charge < -0.3 is 19.9 Å². The van der Waals surface area contributed by atoms with Gasteiger partial charge in [-0.3, -0.25) is 4.79 Å². The first kappa shape index (κ1) is 26.0. The highest BCUT2D eigenvalue weighted by atomic mass is 32.2. The number of anilines is 1. The van der Waals surface area contributed by atoms with E-state index in [9.17, 15) is 32.2 Å². The molecule has 4 N–H and O–H groups in total. The van der Waals surface area contributed by atoms with Gasteiger partial charge in [-0.1, -0.05) is 6.92 Å². The molecule has 13 heteroatoms. The van der Waals surface area contributed by atoms with E-state index in [1.165, 1.54) is 6.92 Å². The number of hydrogen-bond donors (Lipinski definition) is 5. The van der Waals surface area contributed by atoms with Gasteiger partial charge >= 0.3 is 6.01 Å². The standard InChI is InChI=1S/C19H25F2N3O6S2/c1-10(11-6-12(20)8-13(21)7-11)16(17(26)15(25)4-3-5-31)23-18(27)14-9-30-19(22-14)24-32(2,28)29/h6-10,15-17,25-26,31H,3-5H2,1-2H3,(H,22,24)(H,23,27). The highest BCUT2D eigenvalue weighted by molar-refractivity contribution is 7.91. The summed E-state index contributed by atoms with van der Waals surface area (Å²) in [6.45, 7) is 1.52. The van der Waals surface area contributed by atoms with E-state index in [0.29, 0.717) is 18.2 Å². The van der Waals surface area contributed by atoms with Crippen LogP contribution in [0, 0.1) is 11.6 Å². The first-order chi connectivity index (χ1) is 14.9. The molecule has 178 valence electrons. The maximum absolute atomic E-state index is 13.7. The number of carbonyl (C=O) groups excluding carboxylic acids is 1. The Kier molecular flexibility index (Phi) is 9.01. The number of nitrogens with zero attached hydrogens (tertiary/aromatic N) is 1. The Balaban J connectivity index is 2.30. The number of aliphatic hydroxyl groups is 2. The van der Waals surface area contributed by atoms with E-state index in [1.807, 2.05) is 4.72 Å². The first-order valence-electron chi connectivity index (χ1n) is 9.58. The van der Waals surface area contributed by atoms with Crippen molar-refractivity contribution in [1.82, 2.24) is 10.3 Å². The zero-order chi connectivity index (χ0) is 24.1. The molecule has 32 heavy (non-hydrogen) atoms. The van der Waals surface area contributed by atoms with Crippen molar-refractivity contribution in [2.45, 2.75) is 43.9 Å². The average molecular weight is 494 g/mol. The third kappa shape index (κ3) is 7.43. The van der Waals surface area contributed by atoms with Crippen LogP contribution in [0.1, 0.15) is 41.7 Å². The number of amides is 1. The van der Waals surface area contributed by atoms with Crippen molar-refractivity contribution >= 4 is 34.6 Å². The van der Waals surface area contributed by atoms with Crippen LogP contribution in [0.3, 0.4) is 0 Å². The van der Waals surface area contributed by atoms with Crippen LogP contribution in [0.15, 0.2) is 28.9 Å². The first-order valence-corrected chi connectivity index (χ1v) is 12.1. The number of thiol groups is 1. The summed E-state index contributed by atoms with van der Waals surface area (Å²) in [4.78, 5) is 16.4. The van der Waals surface area contributed by atoms with Gasteiger partial charge in [0.05, 0.1) is 18.4 Å². The number of sulfonamides is 1. The molecular formula is C19H25F2N3O6S2. The zero-order valence-corrected chi connectivity index (χ0v) is 19.0. The summed E-state index contributed by atoms with van der Waals surface area (Å²) in [5.74, 6) is -2.90. The van der Waals surface area contributed by atoms with Crippen LogP contribution in [0.5, 0.6) is 0 Å². The smallest absolute Gasteiger partial charge is 0.309 e. The fourth-order valence-electron chi connectivity index (χ4n) is 3.07. The van der Waals surface area contributed by atoms with Gasteiger partial charge in [-0.2, -0.15) is 17.6 Å². The van der Waals surface area contributed by atoms with Crippen molar-refractivity contribution in [3.63, 3.8) is 0 Å². The van der Waals surface area contributed by atoms with Crippen molar-refractivity contribution in [2.24, 2.45) is 0 Å². The van der Waals surface area contributed by atoms with Crippen molar-refractivity contribution in [3.05, 3.63) is 47.4 Å². The van der Waals surface area contributed by atoms with E-state index in [-0.39, 0.29) is 17.7 Å². The third-order valence-corrected chi connectivity index (χ3v) is 5.54. The molecule has 0 saturated carbocycles. The molecule has 4 unspecified atom stereocenters. The van der Waals surface area contributed by atoms with Gasteiger partial charge in [-0.05, 0) is 36.3 Å². The summed E-state index contributed by atoms with van der Waals surface area (Å²) in [5, 5.41) is 23.6. The average Bonchev–Trinajstić information content (AvgIpc) is 3.15. The van der Waals surface area contributed by atoms with Crippen LogP contribution >= 0.6 is 12.6 Å². The number of benzene rings is 1. The van der Waals surface area contributed by atoms with Crippen molar-refractivity contribution < 1.29 is 36.6 Å². The van der Waals surface area contributed by atoms with Crippen LogP contribution in [0.25, 0.3) is 0 Å². The summed E-state index contributed by atoms with van der Waals surface area (Å²) < 4.78 is 56.8. The molecule has 4 atom stereocenters. The van der Waals surface area contributed by atoms with Gasteiger partial charge in [0.15, 0.2) is 5.69 Å². The molecule has 0 fully saturated rings. The molecule has 1 aromatic heterocycles. The number of carbonyl (C=O) groups is 1.